The average molecular weight is 175 g/mol. The molecule has 0 aromatic heterocycles. The van der Waals surface area contributed by atoms with E-state index >= 15 is 0 Å². The molecule has 11 heavy (non-hydrogen) atoms. The molecule has 2 nitrogen and oxygen atoms in total. The largest absolute Gasteiger partial charge is 0.298 e. The zero-order valence-electron chi connectivity index (χ0n) is 6.69. The predicted octanol–water partition coefficient (Wildman–Crippen LogP) is 1.55. The normalized spacial score (nSPS) is 25.7. The van der Waals surface area contributed by atoms with Crippen molar-refractivity contribution in [2.75, 3.05) is 0 Å². The zero-order chi connectivity index (χ0) is 8.65. The molecule has 0 bridgehead atoms. The van der Waals surface area contributed by atoms with Gasteiger partial charge in [-0.2, -0.15) is 0 Å². The molecule has 0 aliphatic heterocycles. The van der Waals surface area contributed by atoms with Crippen molar-refractivity contribution in [2.24, 2.45) is 5.41 Å². The van der Waals surface area contributed by atoms with Gasteiger partial charge in [0.1, 0.15) is 0 Å². The second kappa shape index (κ2) is 2.59. The summed E-state index contributed by atoms with van der Waals surface area (Å²) in [6.07, 6.45) is 0.847. The van der Waals surface area contributed by atoms with Crippen LogP contribution in [0.5, 0.6) is 0 Å². The molecule has 1 rings (SSSR count). The van der Waals surface area contributed by atoms with Gasteiger partial charge in [0, 0.05) is 12.8 Å². The molecule has 0 N–H and O–H groups in total. The number of ketones is 2. The molecule has 1 aliphatic rings. The topological polar surface area (TPSA) is 34.1 Å². The Morgan fingerprint density at radius 2 is 1.64 bits per heavy atom. The molecule has 1 fully saturated rings. The Kier molecular flexibility index (Phi) is 2.06. The van der Waals surface area contributed by atoms with Crippen LogP contribution in [-0.2, 0) is 9.59 Å². The summed E-state index contributed by atoms with van der Waals surface area (Å²) in [6, 6.07) is 0. The fourth-order valence-corrected chi connectivity index (χ4v) is 1.52. The maximum atomic E-state index is 11.1. The lowest BCUT2D eigenvalue weighted by Crippen LogP contribution is -2.38. The van der Waals surface area contributed by atoms with Crippen LogP contribution in [0.15, 0.2) is 0 Å². The fraction of sp³-hybridized carbons (Fsp3) is 0.750. The van der Waals surface area contributed by atoms with E-state index in [1.165, 1.54) is 0 Å². The van der Waals surface area contributed by atoms with Crippen LogP contribution in [0.1, 0.15) is 26.7 Å². The standard InChI is InChI=1S/C8H11ClO2/c1-8(2)3-5(10)7(9)6(11)4-8/h7H,3-4H2,1-2H3. The number of carbonyl (C=O) groups is 2. The fourth-order valence-electron chi connectivity index (χ4n) is 1.36. The van der Waals surface area contributed by atoms with Gasteiger partial charge in [-0.15, -0.1) is 11.6 Å². The second-order valence-electron chi connectivity index (χ2n) is 3.81. The van der Waals surface area contributed by atoms with Crippen molar-refractivity contribution in [2.45, 2.75) is 32.1 Å². The van der Waals surface area contributed by atoms with Crippen molar-refractivity contribution in [3.63, 3.8) is 0 Å². The number of hydrogen-bond donors (Lipinski definition) is 0. The van der Waals surface area contributed by atoms with Crippen molar-refractivity contribution in [3.8, 4) is 0 Å². The van der Waals surface area contributed by atoms with Gasteiger partial charge in [0.05, 0.1) is 0 Å². The van der Waals surface area contributed by atoms with E-state index in [1.54, 1.807) is 0 Å². The van der Waals surface area contributed by atoms with Gasteiger partial charge in [-0.05, 0) is 5.41 Å². The number of alkyl halides is 1. The van der Waals surface area contributed by atoms with E-state index in [0.29, 0.717) is 12.8 Å². The van der Waals surface area contributed by atoms with Gasteiger partial charge in [-0.3, -0.25) is 9.59 Å². The number of halogens is 1. The highest BCUT2D eigenvalue weighted by Crippen LogP contribution is 2.32. The summed E-state index contributed by atoms with van der Waals surface area (Å²) in [5.41, 5.74) is -0.181. The van der Waals surface area contributed by atoms with Crippen LogP contribution < -0.4 is 0 Å². The molecule has 62 valence electrons. The summed E-state index contributed by atoms with van der Waals surface area (Å²) in [5, 5.41) is -0.872. The first-order chi connectivity index (χ1) is 4.92. The van der Waals surface area contributed by atoms with E-state index in [1.807, 2.05) is 13.8 Å². The highest BCUT2D eigenvalue weighted by atomic mass is 35.5. The number of hydrogen-bond acceptors (Lipinski definition) is 2. The molecular formula is C8H11ClO2. The Hall–Kier alpha value is -0.370. The minimum Gasteiger partial charge on any atom is -0.298 e. The van der Waals surface area contributed by atoms with Crippen molar-refractivity contribution in [1.29, 1.82) is 0 Å². The van der Waals surface area contributed by atoms with Gasteiger partial charge < -0.3 is 0 Å². The van der Waals surface area contributed by atoms with Gasteiger partial charge in [-0.1, -0.05) is 13.8 Å². The van der Waals surface area contributed by atoms with Gasteiger partial charge >= 0.3 is 0 Å². The smallest absolute Gasteiger partial charge is 0.158 e. The van der Waals surface area contributed by atoms with Crippen LogP contribution in [0.25, 0.3) is 0 Å². The first-order valence-corrected chi connectivity index (χ1v) is 4.05. The molecule has 0 amide bonds. The first-order valence-electron chi connectivity index (χ1n) is 3.62. The van der Waals surface area contributed by atoms with Gasteiger partial charge in [0.2, 0.25) is 0 Å². The van der Waals surface area contributed by atoms with E-state index in [0.717, 1.165) is 0 Å². The van der Waals surface area contributed by atoms with Crippen LogP contribution in [0.3, 0.4) is 0 Å². The number of Topliss-reactive ketones (excluding diaryl/α,β-unsaturated/α-hetero) is 2. The van der Waals surface area contributed by atoms with E-state index in [9.17, 15) is 9.59 Å². The van der Waals surface area contributed by atoms with Gasteiger partial charge in [-0.25, -0.2) is 0 Å². The van der Waals surface area contributed by atoms with Crippen molar-refractivity contribution >= 4 is 23.2 Å². The number of carbonyl (C=O) groups excluding carboxylic acids is 2. The molecule has 0 aromatic rings. The summed E-state index contributed by atoms with van der Waals surface area (Å²) in [7, 11) is 0. The lowest BCUT2D eigenvalue weighted by atomic mass is 9.76. The van der Waals surface area contributed by atoms with E-state index in [2.05, 4.69) is 0 Å². The minimum atomic E-state index is -0.872. The Balaban J connectivity index is 2.78. The second-order valence-corrected chi connectivity index (χ2v) is 4.25. The summed E-state index contributed by atoms with van der Waals surface area (Å²) in [5.74, 6) is -0.263. The third kappa shape index (κ3) is 1.80. The SMILES string of the molecule is CC1(C)CC(=O)C(Cl)C(=O)C1. The highest BCUT2D eigenvalue weighted by molar-refractivity contribution is 6.42. The van der Waals surface area contributed by atoms with Crippen molar-refractivity contribution in [3.05, 3.63) is 0 Å². The maximum absolute atomic E-state index is 11.1. The molecule has 0 spiro atoms. The van der Waals surface area contributed by atoms with Gasteiger partial charge in [0.25, 0.3) is 0 Å². The van der Waals surface area contributed by atoms with Crippen LogP contribution >= 0.6 is 11.6 Å². The van der Waals surface area contributed by atoms with E-state index < -0.39 is 5.38 Å². The van der Waals surface area contributed by atoms with Crippen LogP contribution in [-0.4, -0.2) is 16.9 Å². The van der Waals surface area contributed by atoms with Crippen molar-refractivity contribution < 1.29 is 9.59 Å². The van der Waals surface area contributed by atoms with E-state index in [-0.39, 0.29) is 17.0 Å². The van der Waals surface area contributed by atoms with Crippen LogP contribution in [0.2, 0.25) is 0 Å². The van der Waals surface area contributed by atoms with Crippen LogP contribution in [0, 0.1) is 5.41 Å². The molecule has 1 saturated carbocycles. The molecule has 0 unspecified atom stereocenters. The minimum absolute atomic E-state index is 0.132. The van der Waals surface area contributed by atoms with Crippen molar-refractivity contribution in [1.82, 2.24) is 0 Å². The maximum Gasteiger partial charge on any atom is 0.158 e. The first kappa shape index (κ1) is 8.72. The molecule has 3 heteroatoms. The third-order valence-electron chi connectivity index (χ3n) is 1.87. The summed E-state index contributed by atoms with van der Waals surface area (Å²) >= 11 is 5.55. The third-order valence-corrected chi connectivity index (χ3v) is 2.36. The molecule has 0 heterocycles. The molecular weight excluding hydrogens is 164 g/mol. The lowest BCUT2D eigenvalue weighted by Gasteiger charge is -2.29. The Morgan fingerprint density at radius 1 is 1.27 bits per heavy atom. The molecule has 1 aliphatic carbocycles. The summed E-state index contributed by atoms with van der Waals surface area (Å²) in [6.45, 7) is 3.82. The monoisotopic (exact) mass is 174 g/mol. The molecule has 0 radical (unpaired) electrons. The highest BCUT2D eigenvalue weighted by Gasteiger charge is 2.38. The van der Waals surface area contributed by atoms with Crippen LogP contribution in [0.4, 0.5) is 0 Å². The zero-order valence-corrected chi connectivity index (χ0v) is 7.44. The average Bonchev–Trinajstić information content (AvgIpc) is 1.81. The summed E-state index contributed by atoms with van der Waals surface area (Å²) in [4.78, 5) is 22.1. The van der Waals surface area contributed by atoms with E-state index in [4.69, 9.17) is 11.6 Å². The van der Waals surface area contributed by atoms with Gasteiger partial charge in [0.15, 0.2) is 16.9 Å². The number of rotatable bonds is 0. The Morgan fingerprint density at radius 3 is 2.00 bits per heavy atom. The molecule has 0 saturated heterocycles. The summed E-state index contributed by atoms with van der Waals surface area (Å²) < 4.78 is 0. The predicted molar refractivity (Wildman–Crippen MR) is 42.7 cm³/mol. The molecule has 0 aromatic carbocycles. The quantitative estimate of drug-likeness (QED) is 0.413. The Bertz CT molecular complexity index is 188. The molecule has 0 atom stereocenters. The Labute approximate surface area is 70.9 Å². The lowest BCUT2D eigenvalue weighted by molar-refractivity contribution is -0.132.